The van der Waals surface area contributed by atoms with Crippen LogP contribution in [0, 0.1) is 11.3 Å². The van der Waals surface area contributed by atoms with Crippen LogP contribution in [0.4, 0.5) is 10.7 Å². The largest absolute Gasteiger partial charge is 0.387 e. The molecule has 1 aliphatic heterocycles. The van der Waals surface area contributed by atoms with Gasteiger partial charge in [-0.25, -0.2) is 4.99 Å². The lowest BCUT2D eigenvalue weighted by molar-refractivity contribution is -0.121. The third-order valence-electron chi connectivity index (χ3n) is 4.40. The van der Waals surface area contributed by atoms with Crippen LogP contribution in [-0.2, 0) is 16.0 Å². The van der Waals surface area contributed by atoms with Gasteiger partial charge in [0.1, 0.15) is 17.4 Å². The number of aryl methyl sites for hydroxylation is 1. The molecule has 10 heteroatoms. The molecule has 3 rings (SSSR count). The molecule has 0 atom stereocenters. The molecule has 152 valence electrons. The number of aromatic nitrogens is 1. The Bertz CT molecular complexity index is 1000. The number of halogens is 1. The summed E-state index contributed by atoms with van der Waals surface area (Å²) in [6.07, 6.45) is 2.53. The standard InChI is InChI=1S/C19H21ClN6O2S/c1-10(2)17(21)25-18(22)16-11(20)9-29-19(16)24-14(27)8-26-13-4-3-7-23-12(13)5-6-15(26)28/h3-4,7,9-10H,5-6,8H2,1-2H3,(H,24,27)(H3,21,22,25). The molecule has 2 aromatic rings. The molecule has 0 fully saturated rings. The number of nitrogens with two attached hydrogens (primary N) is 1. The third kappa shape index (κ3) is 4.63. The maximum atomic E-state index is 12.7. The number of thiophene rings is 1. The first-order valence-electron chi connectivity index (χ1n) is 9.02. The van der Waals surface area contributed by atoms with Gasteiger partial charge in [0.05, 0.1) is 22.0 Å². The van der Waals surface area contributed by atoms with Crippen LogP contribution >= 0.6 is 22.9 Å². The summed E-state index contributed by atoms with van der Waals surface area (Å²) >= 11 is 7.39. The molecule has 3 heterocycles. The molecule has 0 saturated carbocycles. The Labute approximate surface area is 177 Å². The Kier molecular flexibility index (Phi) is 6.29. The normalized spacial score (nSPS) is 14.1. The highest BCUT2D eigenvalue weighted by Gasteiger charge is 2.27. The Morgan fingerprint density at radius 3 is 2.97 bits per heavy atom. The molecule has 0 aromatic carbocycles. The minimum Gasteiger partial charge on any atom is -0.387 e. The fraction of sp³-hybridized carbons (Fsp3) is 0.316. The number of nitrogens with zero attached hydrogens (tertiary/aromatic N) is 3. The molecule has 2 aromatic heterocycles. The SMILES string of the molecule is CC(C)C(N)=NC(=N)c1c(Cl)csc1NC(=O)CN1C(=O)CCc2ncccc21. The molecule has 0 bridgehead atoms. The van der Waals surface area contributed by atoms with Gasteiger partial charge >= 0.3 is 0 Å². The Hall–Kier alpha value is -2.78. The highest BCUT2D eigenvalue weighted by atomic mass is 35.5. The monoisotopic (exact) mass is 432 g/mol. The first-order valence-corrected chi connectivity index (χ1v) is 10.3. The van der Waals surface area contributed by atoms with E-state index in [4.69, 9.17) is 22.7 Å². The molecule has 2 amide bonds. The number of hydrogen-bond donors (Lipinski definition) is 3. The average Bonchev–Trinajstić information content (AvgIpc) is 3.04. The third-order valence-corrected chi connectivity index (χ3v) is 5.73. The number of pyridine rings is 1. The molecule has 0 aliphatic carbocycles. The lowest BCUT2D eigenvalue weighted by atomic mass is 10.1. The summed E-state index contributed by atoms with van der Waals surface area (Å²) in [5.74, 6) is -0.376. The number of hydrogen-bond acceptors (Lipinski definition) is 5. The second-order valence-corrected chi connectivity index (χ2v) is 8.11. The summed E-state index contributed by atoms with van der Waals surface area (Å²) in [5, 5.41) is 13.3. The number of carbonyl (C=O) groups excluding carboxylic acids is 2. The van der Waals surface area contributed by atoms with Crippen molar-refractivity contribution < 1.29 is 9.59 Å². The van der Waals surface area contributed by atoms with E-state index in [9.17, 15) is 9.59 Å². The number of amidine groups is 2. The summed E-state index contributed by atoms with van der Waals surface area (Å²) < 4.78 is 0. The lowest BCUT2D eigenvalue weighted by Gasteiger charge is -2.27. The van der Waals surface area contributed by atoms with Gasteiger partial charge in [0.2, 0.25) is 11.8 Å². The zero-order valence-corrected chi connectivity index (χ0v) is 17.6. The molecule has 4 N–H and O–H groups in total. The first kappa shape index (κ1) is 20.9. The van der Waals surface area contributed by atoms with Gasteiger partial charge in [-0.2, -0.15) is 0 Å². The Balaban J connectivity index is 1.78. The summed E-state index contributed by atoms with van der Waals surface area (Å²) in [7, 11) is 0. The Morgan fingerprint density at radius 2 is 2.24 bits per heavy atom. The number of fused-ring (bicyclic) bond motifs is 1. The van der Waals surface area contributed by atoms with E-state index in [1.165, 1.54) is 16.2 Å². The zero-order chi connectivity index (χ0) is 21.1. The molecular weight excluding hydrogens is 412 g/mol. The van der Waals surface area contributed by atoms with Crippen LogP contribution < -0.4 is 16.0 Å². The average molecular weight is 433 g/mol. The summed E-state index contributed by atoms with van der Waals surface area (Å²) in [4.78, 5) is 34.8. The van der Waals surface area contributed by atoms with Crippen molar-refractivity contribution in [1.29, 1.82) is 5.41 Å². The molecule has 29 heavy (non-hydrogen) atoms. The van der Waals surface area contributed by atoms with E-state index in [0.29, 0.717) is 40.0 Å². The van der Waals surface area contributed by atoms with Gasteiger partial charge in [-0.3, -0.25) is 20.0 Å². The topological polar surface area (TPSA) is 125 Å². The minimum absolute atomic E-state index is 0.0235. The second-order valence-electron chi connectivity index (χ2n) is 6.83. The molecule has 0 radical (unpaired) electrons. The van der Waals surface area contributed by atoms with Crippen molar-refractivity contribution in [2.75, 3.05) is 16.8 Å². The van der Waals surface area contributed by atoms with Crippen LogP contribution in [-0.4, -0.2) is 35.0 Å². The van der Waals surface area contributed by atoms with Crippen LogP contribution in [0.5, 0.6) is 0 Å². The van der Waals surface area contributed by atoms with Crippen molar-refractivity contribution >= 4 is 57.1 Å². The number of nitrogens with one attached hydrogen (secondary N) is 2. The molecule has 0 unspecified atom stereocenters. The van der Waals surface area contributed by atoms with Gasteiger partial charge in [0.25, 0.3) is 0 Å². The van der Waals surface area contributed by atoms with Gasteiger partial charge in [-0.05, 0) is 12.1 Å². The highest BCUT2D eigenvalue weighted by Crippen LogP contribution is 2.33. The van der Waals surface area contributed by atoms with E-state index in [1.807, 2.05) is 13.8 Å². The van der Waals surface area contributed by atoms with Crippen molar-refractivity contribution in [3.05, 3.63) is 40.0 Å². The molecule has 0 spiro atoms. The molecular formula is C19H21ClN6O2S. The zero-order valence-electron chi connectivity index (χ0n) is 16.0. The predicted octanol–water partition coefficient (Wildman–Crippen LogP) is 3.05. The number of amides is 2. The van der Waals surface area contributed by atoms with E-state index in [2.05, 4.69) is 15.3 Å². The van der Waals surface area contributed by atoms with Gasteiger partial charge in [-0.15, -0.1) is 11.3 Å². The Morgan fingerprint density at radius 1 is 1.48 bits per heavy atom. The summed E-state index contributed by atoms with van der Waals surface area (Å²) in [6, 6.07) is 3.51. The van der Waals surface area contributed by atoms with Crippen LogP contribution in [0.3, 0.4) is 0 Å². The van der Waals surface area contributed by atoms with Crippen molar-refractivity contribution in [2.45, 2.75) is 26.7 Å². The highest BCUT2D eigenvalue weighted by molar-refractivity contribution is 7.15. The maximum absolute atomic E-state index is 12.7. The quantitative estimate of drug-likeness (QED) is 0.496. The van der Waals surface area contributed by atoms with Crippen LogP contribution in [0.2, 0.25) is 5.02 Å². The van der Waals surface area contributed by atoms with E-state index >= 15 is 0 Å². The predicted molar refractivity (Wildman–Crippen MR) is 116 cm³/mol. The van der Waals surface area contributed by atoms with Gasteiger partial charge in [0.15, 0.2) is 5.84 Å². The summed E-state index contributed by atoms with van der Waals surface area (Å²) in [6.45, 7) is 3.58. The number of anilines is 2. The number of aliphatic imine (C=N–C) groups is 1. The molecule has 1 aliphatic rings. The number of rotatable bonds is 5. The van der Waals surface area contributed by atoms with E-state index in [0.717, 1.165) is 5.69 Å². The van der Waals surface area contributed by atoms with Crippen molar-refractivity contribution in [2.24, 2.45) is 16.6 Å². The van der Waals surface area contributed by atoms with Gasteiger partial charge in [-0.1, -0.05) is 25.4 Å². The van der Waals surface area contributed by atoms with E-state index < -0.39 is 5.91 Å². The minimum atomic E-state index is -0.400. The second kappa shape index (κ2) is 8.71. The van der Waals surface area contributed by atoms with E-state index in [1.54, 1.807) is 23.7 Å². The van der Waals surface area contributed by atoms with Crippen LogP contribution in [0.15, 0.2) is 28.7 Å². The fourth-order valence-corrected chi connectivity index (χ4v) is 4.02. The fourth-order valence-electron chi connectivity index (χ4n) is 2.81. The van der Waals surface area contributed by atoms with Gasteiger partial charge in [0, 0.05) is 30.3 Å². The smallest absolute Gasteiger partial charge is 0.245 e. The van der Waals surface area contributed by atoms with Crippen molar-refractivity contribution in [3.63, 3.8) is 0 Å². The van der Waals surface area contributed by atoms with Crippen LogP contribution in [0.25, 0.3) is 0 Å². The van der Waals surface area contributed by atoms with Crippen LogP contribution in [0.1, 0.15) is 31.5 Å². The molecule has 0 saturated heterocycles. The summed E-state index contributed by atoms with van der Waals surface area (Å²) in [5.41, 5.74) is 7.58. The first-order chi connectivity index (χ1) is 13.8. The lowest BCUT2D eigenvalue weighted by Crippen LogP contribution is -2.41. The van der Waals surface area contributed by atoms with E-state index in [-0.39, 0.29) is 24.2 Å². The number of carbonyl (C=O) groups is 2. The van der Waals surface area contributed by atoms with Gasteiger partial charge < -0.3 is 16.0 Å². The maximum Gasteiger partial charge on any atom is 0.245 e. The van der Waals surface area contributed by atoms with Crippen molar-refractivity contribution in [3.8, 4) is 0 Å². The molecule has 8 nitrogen and oxygen atoms in total. The van der Waals surface area contributed by atoms with Crippen molar-refractivity contribution in [1.82, 2.24) is 4.98 Å².